The van der Waals surface area contributed by atoms with Gasteiger partial charge in [-0.05, 0) is 31.5 Å². The lowest BCUT2D eigenvalue weighted by atomic mass is 10.2. The summed E-state index contributed by atoms with van der Waals surface area (Å²) < 4.78 is 10.7. The summed E-state index contributed by atoms with van der Waals surface area (Å²) in [6.45, 7) is 4.51. The fourth-order valence-electron chi connectivity index (χ4n) is 2.42. The molecule has 0 fully saturated rings. The highest BCUT2D eigenvalue weighted by Crippen LogP contribution is 2.34. The van der Waals surface area contributed by atoms with E-state index in [1.54, 1.807) is 31.3 Å². The van der Waals surface area contributed by atoms with Crippen molar-refractivity contribution in [2.75, 3.05) is 19.5 Å². The lowest BCUT2D eigenvalue weighted by Crippen LogP contribution is -2.39. The number of hydrogen-bond acceptors (Lipinski definition) is 3. The Morgan fingerprint density at radius 3 is 2.08 bits per heavy atom. The van der Waals surface area contributed by atoms with Crippen molar-refractivity contribution < 1.29 is 14.3 Å². The number of nitrogens with zero attached hydrogens (tertiary/aromatic N) is 1. The third-order valence-corrected chi connectivity index (χ3v) is 3.74. The van der Waals surface area contributed by atoms with Gasteiger partial charge in [0, 0.05) is 12.6 Å². The van der Waals surface area contributed by atoms with Gasteiger partial charge in [-0.1, -0.05) is 36.4 Å². The minimum Gasteiger partial charge on any atom is -0.494 e. The molecular weight excluding hydrogens is 304 g/mol. The van der Waals surface area contributed by atoms with Crippen LogP contribution in [0.1, 0.15) is 19.4 Å². The zero-order chi connectivity index (χ0) is 17.5. The number of urea groups is 1. The van der Waals surface area contributed by atoms with Gasteiger partial charge in [0.2, 0.25) is 0 Å². The molecule has 0 aliphatic rings. The normalized spacial score (nSPS) is 10.4. The summed E-state index contributed by atoms with van der Waals surface area (Å²) >= 11 is 0. The number of amides is 2. The highest BCUT2D eigenvalue weighted by atomic mass is 16.5. The number of ether oxygens (including phenoxy) is 2. The van der Waals surface area contributed by atoms with Gasteiger partial charge in [-0.3, -0.25) is 0 Å². The quantitative estimate of drug-likeness (QED) is 0.867. The average molecular weight is 328 g/mol. The number of nitrogens with one attached hydrogen (secondary N) is 1. The Morgan fingerprint density at radius 2 is 1.58 bits per heavy atom. The minimum absolute atomic E-state index is 0.0471. The highest BCUT2D eigenvalue weighted by Gasteiger charge is 2.20. The lowest BCUT2D eigenvalue weighted by molar-refractivity contribution is 0.193. The highest BCUT2D eigenvalue weighted by molar-refractivity contribution is 5.93. The van der Waals surface area contributed by atoms with E-state index in [4.69, 9.17) is 9.47 Å². The summed E-state index contributed by atoms with van der Waals surface area (Å²) in [6, 6.07) is 15.1. The lowest BCUT2D eigenvalue weighted by Gasteiger charge is -2.27. The van der Waals surface area contributed by atoms with E-state index in [1.807, 2.05) is 50.2 Å². The molecule has 0 radical (unpaired) electrons. The van der Waals surface area contributed by atoms with Crippen molar-refractivity contribution in [3.8, 4) is 11.5 Å². The number of para-hydroxylation sites is 1. The predicted molar refractivity (Wildman–Crippen MR) is 95.7 cm³/mol. The Labute approximate surface area is 143 Å². The number of rotatable bonds is 6. The van der Waals surface area contributed by atoms with Crippen molar-refractivity contribution in [3.63, 3.8) is 0 Å². The second-order valence-electron chi connectivity index (χ2n) is 5.67. The molecule has 0 aliphatic carbocycles. The van der Waals surface area contributed by atoms with E-state index in [0.717, 1.165) is 5.56 Å². The van der Waals surface area contributed by atoms with Gasteiger partial charge in [-0.25, -0.2) is 4.79 Å². The van der Waals surface area contributed by atoms with Crippen molar-refractivity contribution in [2.24, 2.45) is 0 Å². The zero-order valence-corrected chi connectivity index (χ0v) is 14.6. The third kappa shape index (κ3) is 4.19. The molecule has 0 bridgehead atoms. The molecule has 128 valence electrons. The standard InChI is InChI=1S/C19H24N2O3/c1-14(2)21(13-15-9-6-5-7-10-15)19(22)20-18-16(23-3)11-8-12-17(18)24-4/h5-12,14H,13H2,1-4H3,(H,20,22). The van der Waals surface area contributed by atoms with Crippen LogP contribution in [0.3, 0.4) is 0 Å². The van der Waals surface area contributed by atoms with Crippen LogP contribution in [-0.2, 0) is 6.54 Å². The SMILES string of the molecule is COc1cccc(OC)c1NC(=O)N(Cc1ccccc1)C(C)C. The maximum Gasteiger partial charge on any atom is 0.322 e. The molecule has 2 aromatic rings. The monoisotopic (exact) mass is 328 g/mol. The second kappa shape index (κ2) is 8.24. The fourth-order valence-corrected chi connectivity index (χ4v) is 2.42. The van der Waals surface area contributed by atoms with Gasteiger partial charge in [0.1, 0.15) is 17.2 Å². The van der Waals surface area contributed by atoms with E-state index in [0.29, 0.717) is 23.7 Å². The molecule has 2 rings (SSSR count). The van der Waals surface area contributed by atoms with E-state index >= 15 is 0 Å². The van der Waals surface area contributed by atoms with Crippen LogP contribution in [0.5, 0.6) is 11.5 Å². The molecule has 5 heteroatoms. The van der Waals surface area contributed by atoms with Crippen LogP contribution in [0.4, 0.5) is 10.5 Å². The summed E-state index contributed by atoms with van der Waals surface area (Å²) in [6.07, 6.45) is 0. The summed E-state index contributed by atoms with van der Waals surface area (Å²) in [5.41, 5.74) is 1.61. The van der Waals surface area contributed by atoms with Gasteiger partial charge in [0.15, 0.2) is 0 Å². The Morgan fingerprint density at radius 1 is 1.00 bits per heavy atom. The Bertz CT molecular complexity index is 649. The first-order valence-corrected chi connectivity index (χ1v) is 7.89. The fraction of sp³-hybridized carbons (Fsp3) is 0.316. The van der Waals surface area contributed by atoms with Crippen molar-refractivity contribution in [3.05, 3.63) is 54.1 Å². The first kappa shape index (κ1) is 17.7. The predicted octanol–water partition coefficient (Wildman–Crippen LogP) is 4.15. The van der Waals surface area contributed by atoms with Crippen LogP contribution >= 0.6 is 0 Å². The molecule has 2 amide bonds. The van der Waals surface area contributed by atoms with Crippen molar-refractivity contribution in [1.29, 1.82) is 0 Å². The van der Waals surface area contributed by atoms with Crippen LogP contribution in [0.15, 0.2) is 48.5 Å². The van der Waals surface area contributed by atoms with E-state index in [9.17, 15) is 4.79 Å². The van der Waals surface area contributed by atoms with Crippen molar-refractivity contribution in [2.45, 2.75) is 26.4 Å². The molecule has 0 heterocycles. The van der Waals surface area contributed by atoms with Gasteiger partial charge in [-0.2, -0.15) is 0 Å². The maximum absolute atomic E-state index is 12.8. The molecule has 2 aromatic carbocycles. The average Bonchev–Trinajstić information content (AvgIpc) is 2.60. The molecule has 1 N–H and O–H groups in total. The van der Waals surface area contributed by atoms with E-state index in [2.05, 4.69) is 5.32 Å². The number of anilines is 1. The van der Waals surface area contributed by atoms with Gasteiger partial charge < -0.3 is 19.7 Å². The second-order valence-corrected chi connectivity index (χ2v) is 5.67. The Kier molecular flexibility index (Phi) is 6.07. The van der Waals surface area contributed by atoms with Gasteiger partial charge in [0.25, 0.3) is 0 Å². The van der Waals surface area contributed by atoms with E-state index in [-0.39, 0.29) is 12.1 Å². The molecule has 0 aliphatic heterocycles. The van der Waals surface area contributed by atoms with Gasteiger partial charge in [0.05, 0.1) is 14.2 Å². The van der Waals surface area contributed by atoms with Gasteiger partial charge >= 0.3 is 6.03 Å². The molecule has 0 spiro atoms. The van der Waals surface area contributed by atoms with Crippen LogP contribution in [0.25, 0.3) is 0 Å². The molecular formula is C19H24N2O3. The van der Waals surface area contributed by atoms with E-state index in [1.165, 1.54) is 0 Å². The molecule has 0 aromatic heterocycles. The number of methoxy groups -OCH3 is 2. The molecule has 0 saturated carbocycles. The first-order chi connectivity index (χ1) is 11.6. The number of carbonyl (C=O) groups excluding carboxylic acids is 1. The number of carbonyl (C=O) groups is 1. The minimum atomic E-state index is -0.198. The van der Waals surface area contributed by atoms with E-state index < -0.39 is 0 Å². The Hall–Kier alpha value is -2.69. The maximum atomic E-state index is 12.8. The molecule has 24 heavy (non-hydrogen) atoms. The topological polar surface area (TPSA) is 50.8 Å². The summed E-state index contributed by atoms with van der Waals surface area (Å²) in [5.74, 6) is 1.12. The number of benzene rings is 2. The molecule has 0 unspecified atom stereocenters. The summed E-state index contributed by atoms with van der Waals surface area (Å²) in [7, 11) is 3.13. The largest absolute Gasteiger partial charge is 0.494 e. The summed E-state index contributed by atoms with van der Waals surface area (Å²) in [5, 5.41) is 2.92. The van der Waals surface area contributed by atoms with Crippen LogP contribution < -0.4 is 14.8 Å². The van der Waals surface area contributed by atoms with Crippen molar-refractivity contribution >= 4 is 11.7 Å². The van der Waals surface area contributed by atoms with Crippen LogP contribution in [0.2, 0.25) is 0 Å². The van der Waals surface area contributed by atoms with Crippen LogP contribution in [-0.4, -0.2) is 31.2 Å². The first-order valence-electron chi connectivity index (χ1n) is 7.89. The molecule has 5 nitrogen and oxygen atoms in total. The Balaban J connectivity index is 2.23. The molecule has 0 atom stereocenters. The zero-order valence-electron chi connectivity index (χ0n) is 14.6. The van der Waals surface area contributed by atoms with Crippen molar-refractivity contribution in [1.82, 2.24) is 4.90 Å². The van der Waals surface area contributed by atoms with Crippen LogP contribution in [0, 0.1) is 0 Å². The third-order valence-electron chi connectivity index (χ3n) is 3.74. The smallest absolute Gasteiger partial charge is 0.322 e. The molecule has 0 saturated heterocycles. The number of hydrogen-bond donors (Lipinski definition) is 1. The summed E-state index contributed by atoms with van der Waals surface area (Å²) in [4.78, 5) is 14.6. The van der Waals surface area contributed by atoms with Gasteiger partial charge in [-0.15, -0.1) is 0 Å².